The molecule has 5 rings (SSSR count). The smallest absolute Gasteiger partial charge is 0.304 e. The average molecular weight is 516 g/mol. The van der Waals surface area contributed by atoms with Crippen molar-refractivity contribution >= 4 is 55.9 Å². The quantitative estimate of drug-likeness (QED) is 0.449. The van der Waals surface area contributed by atoms with Crippen LogP contribution in [-0.2, 0) is 15.0 Å². The van der Waals surface area contributed by atoms with Crippen molar-refractivity contribution in [2.24, 2.45) is 0 Å². The number of piperidine rings is 1. The van der Waals surface area contributed by atoms with E-state index in [2.05, 4.69) is 45.7 Å². The molecule has 1 unspecified atom stereocenters. The number of carbonyl (C=O) groups excluding carboxylic acids is 1. The van der Waals surface area contributed by atoms with Gasteiger partial charge in [-0.2, -0.15) is 0 Å². The summed E-state index contributed by atoms with van der Waals surface area (Å²) in [5.41, 5.74) is 5.68. The van der Waals surface area contributed by atoms with Crippen LogP contribution in [0.25, 0.3) is 10.9 Å². The molecule has 5 nitrogen and oxygen atoms in total. The van der Waals surface area contributed by atoms with E-state index in [1.165, 1.54) is 0 Å². The maximum absolute atomic E-state index is 11.9. The lowest BCUT2D eigenvalue weighted by Crippen LogP contribution is -2.35. The normalized spacial score (nSPS) is 19.7. The molecular formula is C25H24BrClN2O3. The first-order valence-electron chi connectivity index (χ1n) is 10.8. The second kappa shape index (κ2) is 7.63. The number of fused-ring (bicyclic) bond motifs is 4. The topological polar surface area (TPSA) is 73.4 Å². The van der Waals surface area contributed by atoms with Crippen LogP contribution in [0.3, 0.4) is 0 Å². The lowest BCUT2D eigenvalue weighted by atomic mass is 9.66. The Morgan fingerprint density at radius 3 is 2.66 bits per heavy atom. The molecule has 1 aliphatic carbocycles. The van der Waals surface area contributed by atoms with E-state index in [0.717, 1.165) is 43.4 Å². The van der Waals surface area contributed by atoms with E-state index < -0.39 is 5.97 Å². The highest BCUT2D eigenvalue weighted by Gasteiger charge is 2.41. The van der Waals surface area contributed by atoms with Gasteiger partial charge < -0.3 is 15.0 Å². The molecule has 0 saturated carbocycles. The summed E-state index contributed by atoms with van der Waals surface area (Å²) in [6.07, 6.45) is 1.05. The third kappa shape index (κ3) is 3.35. The lowest BCUT2D eigenvalue weighted by molar-refractivity contribution is -0.137. The van der Waals surface area contributed by atoms with Crippen molar-refractivity contribution in [2.45, 2.75) is 44.4 Å². The molecule has 2 aromatic carbocycles. The number of nitrogens with one attached hydrogen (secondary N) is 1. The molecule has 0 spiro atoms. The van der Waals surface area contributed by atoms with Gasteiger partial charge >= 0.3 is 5.97 Å². The number of carbonyl (C=O) groups is 2. The standard InChI is InChI=1S/C25H24BrClN2O3/c1-25(2)18-12-21(29-7-5-14(30)6-8-29)19(27)10-16(18)17(11-22(31)32)23-15-4-3-13(26)9-20(15)28-24(23)25/h3-4,9-10,12,17,28H,5-8,11H2,1-2H3,(H,31,32). The molecule has 7 heteroatoms. The summed E-state index contributed by atoms with van der Waals surface area (Å²) in [6.45, 7) is 5.65. The number of aromatic amines is 1. The van der Waals surface area contributed by atoms with Gasteiger partial charge in [0, 0.05) is 58.3 Å². The number of hydrogen-bond donors (Lipinski definition) is 2. The fourth-order valence-electron chi connectivity index (χ4n) is 5.37. The minimum Gasteiger partial charge on any atom is -0.481 e. The number of aliphatic carboxylic acids is 1. The van der Waals surface area contributed by atoms with Gasteiger partial charge in [0.05, 0.1) is 17.1 Å². The SMILES string of the molecule is CC1(C)c2cc(N3CCC(=O)CC3)c(Cl)cc2C(CC(=O)O)c2c1[nH]c1cc(Br)ccc21. The van der Waals surface area contributed by atoms with Crippen molar-refractivity contribution in [1.82, 2.24) is 4.98 Å². The molecule has 3 aromatic rings. The van der Waals surface area contributed by atoms with Crippen LogP contribution < -0.4 is 4.90 Å². The zero-order valence-corrected chi connectivity index (χ0v) is 20.3. The molecule has 1 fully saturated rings. The summed E-state index contributed by atoms with van der Waals surface area (Å²) >= 11 is 10.3. The second-order valence-corrected chi connectivity index (χ2v) is 10.6. The van der Waals surface area contributed by atoms with Crippen LogP contribution in [0.2, 0.25) is 5.02 Å². The maximum Gasteiger partial charge on any atom is 0.304 e. The number of carboxylic acid groups (broad SMARTS) is 1. The Labute approximate surface area is 199 Å². The summed E-state index contributed by atoms with van der Waals surface area (Å²) in [5, 5.41) is 11.4. The van der Waals surface area contributed by atoms with Gasteiger partial charge in [0.25, 0.3) is 0 Å². The highest BCUT2D eigenvalue weighted by atomic mass is 79.9. The number of anilines is 1. The van der Waals surface area contributed by atoms with E-state index in [9.17, 15) is 14.7 Å². The minimum absolute atomic E-state index is 0.00696. The Morgan fingerprint density at radius 1 is 1.25 bits per heavy atom. The summed E-state index contributed by atoms with van der Waals surface area (Å²) in [6, 6.07) is 10.1. The van der Waals surface area contributed by atoms with E-state index in [-0.39, 0.29) is 23.5 Å². The highest BCUT2D eigenvalue weighted by molar-refractivity contribution is 9.10. The first kappa shape index (κ1) is 21.5. The molecule has 166 valence electrons. The number of hydrogen-bond acceptors (Lipinski definition) is 3. The number of rotatable bonds is 3. The zero-order chi connectivity index (χ0) is 22.8. The predicted molar refractivity (Wildman–Crippen MR) is 130 cm³/mol. The molecule has 0 amide bonds. The Kier molecular flexibility index (Phi) is 5.13. The van der Waals surface area contributed by atoms with Gasteiger partial charge in [0.1, 0.15) is 5.78 Å². The fraction of sp³-hybridized carbons (Fsp3) is 0.360. The largest absolute Gasteiger partial charge is 0.481 e. The lowest BCUT2D eigenvalue weighted by Gasteiger charge is -2.39. The Balaban J connectivity index is 1.73. The van der Waals surface area contributed by atoms with Gasteiger partial charge in [-0.1, -0.05) is 47.4 Å². The van der Waals surface area contributed by atoms with Crippen molar-refractivity contribution in [3.63, 3.8) is 0 Å². The van der Waals surface area contributed by atoms with Crippen LogP contribution in [0.5, 0.6) is 0 Å². The van der Waals surface area contributed by atoms with E-state index in [0.29, 0.717) is 31.0 Å². The highest BCUT2D eigenvalue weighted by Crippen LogP contribution is 2.52. The van der Waals surface area contributed by atoms with E-state index in [4.69, 9.17) is 11.6 Å². The number of H-pyrrole nitrogens is 1. The van der Waals surface area contributed by atoms with Crippen LogP contribution in [0.15, 0.2) is 34.8 Å². The minimum atomic E-state index is -0.840. The van der Waals surface area contributed by atoms with Crippen molar-refractivity contribution in [3.05, 3.63) is 62.2 Å². The van der Waals surface area contributed by atoms with Gasteiger partial charge in [-0.05, 0) is 41.0 Å². The molecule has 1 aromatic heterocycles. The molecule has 0 radical (unpaired) electrons. The molecule has 2 heterocycles. The molecule has 32 heavy (non-hydrogen) atoms. The number of halogens is 2. The van der Waals surface area contributed by atoms with Crippen LogP contribution >= 0.6 is 27.5 Å². The monoisotopic (exact) mass is 514 g/mol. The number of benzene rings is 2. The Bertz CT molecular complexity index is 1270. The van der Waals surface area contributed by atoms with Gasteiger partial charge in [0.2, 0.25) is 0 Å². The van der Waals surface area contributed by atoms with E-state index >= 15 is 0 Å². The summed E-state index contributed by atoms with van der Waals surface area (Å²) in [5.74, 6) is -0.853. The average Bonchev–Trinajstić information content (AvgIpc) is 3.11. The van der Waals surface area contributed by atoms with Crippen LogP contribution in [-0.4, -0.2) is 34.9 Å². The number of Topliss-reactive ketones (excluding diaryl/α,β-unsaturated/α-hetero) is 1. The first-order valence-corrected chi connectivity index (χ1v) is 12.0. The molecule has 2 N–H and O–H groups in total. The summed E-state index contributed by atoms with van der Waals surface area (Å²) in [7, 11) is 0. The van der Waals surface area contributed by atoms with Crippen LogP contribution in [0, 0.1) is 0 Å². The van der Waals surface area contributed by atoms with E-state index in [1.54, 1.807) is 0 Å². The summed E-state index contributed by atoms with van der Waals surface area (Å²) in [4.78, 5) is 29.4. The molecule has 2 aliphatic rings. The molecule has 1 atom stereocenters. The van der Waals surface area contributed by atoms with Crippen molar-refractivity contribution in [2.75, 3.05) is 18.0 Å². The predicted octanol–water partition coefficient (Wildman–Crippen LogP) is 6.00. The third-order valence-electron chi connectivity index (χ3n) is 6.98. The first-order chi connectivity index (χ1) is 15.2. The van der Waals surface area contributed by atoms with Crippen molar-refractivity contribution in [3.8, 4) is 0 Å². The Hall–Kier alpha value is -2.31. The zero-order valence-electron chi connectivity index (χ0n) is 18.0. The second-order valence-electron chi connectivity index (χ2n) is 9.30. The van der Waals surface area contributed by atoms with Gasteiger partial charge in [-0.15, -0.1) is 0 Å². The van der Waals surface area contributed by atoms with Crippen molar-refractivity contribution < 1.29 is 14.7 Å². The van der Waals surface area contributed by atoms with Gasteiger partial charge in [0.15, 0.2) is 0 Å². The molecule has 1 saturated heterocycles. The number of carboxylic acids is 1. The molecule has 0 bridgehead atoms. The number of ketones is 1. The van der Waals surface area contributed by atoms with Gasteiger partial charge in [-0.3, -0.25) is 9.59 Å². The Morgan fingerprint density at radius 2 is 1.97 bits per heavy atom. The number of aromatic nitrogens is 1. The maximum atomic E-state index is 11.9. The molecular weight excluding hydrogens is 492 g/mol. The van der Waals surface area contributed by atoms with Crippen LogP contribution in [0.4, 0.5) is 5.69 Å². The third-order valence-corrected chi connectivity index (χ3v) is 7.78. The van der Waals surface area contributed by atoms with E-state index in [1.807, 2.05) is 24.3 Å². The van der Waals surface area contributed by atoms with Crippen LogP contribution in [0.1, 0.15) is 61.4 Å². The fourth-order valence-corrected chi connectivity index (χ4v) is 6.02. The number of nitrogens with zero attached hydrogens (tertiary/aromatic N) is 1. The van der Waals surface area contributed by atoms with Gasteiger partial charge in [-0.25, -0.2) is 0 Å². The molecule has 1 aliphatic heterocycles. The van der Waals surface area contributed by atoms with Crippen molar-refractivity contribution in [1.29, 1.82) is 0 Å². The summed E-state index contributed by atoms with van der Waals surface area (Å²) < 4.78 is 0.971.